The van der Waals surface area contributed by atoms with E-state index in [-0.39, 0.29) is 17.8 Å². The molecule has 32 heavy (non-hydrogen) atoms. The van der Waals surface area contributed by atoms with E-state index in [4.69, 9.17) is 23.2 Å². The van der Waals surface area contributed by atoms with Gasteiger partial charge in [0.2, 0.25) is 0 Å². The molecule has 0 atom stereocenters. The number of amides is 3. The molecule has 0 spiro atoms. The highest BCUT2D eigenvalue weighted by Crippen LogP contribution is 2.25. The topological polar surface area (TPSA) is 52.7 Å². The van der Waals surface area contributed by atoms with Gasteiger partial charge in [0.1, 0.15) is 5.82 Å². The third-order valence-corrected chi connectivity index (χ3v) is 5.93. The Balaban J connectivity index is 1.43. The average Bonchev–Trinajstić information content (AvgIpc) is 2.78. The molecule has 4 rings (SSSR count). The van der Waals surface area contributed by atoms with Crippen LogP contribution < -0.4 is 10.2 Å². The molecule has 3 amide bonds. The van der Waals surface area contributed by atoms with Crippen molar-refractivity contribution in [3.63, 3.8) is 0 Å². The Kier molecular flexibility index (Phi) is 6.63. The van der Waals surface area contributed by atoms with E-state index >= 15 is 0 Å². The van der Waals surface area contributed by atoms with Crippen molar-refractivity contribution in [3.05, 3.63) is 93.7 Å². The number of carbonyl (C=O) groups is 2. The number of urea groups is 1. The lowest BCUT2D eigenvalue weighted by Crippen LogP contribution is -2.49. The van der Waals surface area contributed by atoms with Crippen LogP contribution in [0.25, 0.3) is 0 Å². The molecule has 0 aliphatic carbocycles. The fourth-order valence-electron chi connectivity index (χ4n) is 3.59. The van der Waals surface area contributed by atoms with Gasteiger partial charge in [-0.15, -0.1) is 0 Å². The first-order chi connectivity index (χ1) is 15.4. The summed E-state index contributed by atoms with van der Waals surface area (Å²) >= 11 is 11.9. The molecule has 3 aromatic rings. The number of carbonyl (C=O) groups excluding carboxylic acids is 2. The summed E-state index contributed by atoms with van der Waals surface area (Å²) in [5.41, 5.74) is 2.46. The summed E-state index contributed by atoms with van der Waals surface area (Å²) in [5, 5.41) is 3.49. The van der Waals surface area contributed by atoms with E-state index in [1.54, 1.807) is 58.3 Å². The number of nitrogens with one attached hydrogen (secondary N) is 1. The Bertz CT molecular complexity index is 1150. The van der Waals surface area contributed by atoms with E-state index in [2.05, 4.69) is 5.32 Å². The molecule has 0 saturated carbocycles. The van der Waals surface area contributed by atoms with E-state index in [0.717, 1.165) is 17.7 Å². The molecule has 8 heteroatoms. The van der Waals surface area contributed by atoms with Gasteiger partial charge >= 0.3 is 6.03 Å². The second-order valence-corrected chi connectivity index (χ2v) is 8.28. The molecule has 1 aliphatic rings. The fraction of sp³-hybridized carbons (Fsp3) is 0.167. The van der Waals surface area contributed by atoms with E-state index < -0.39 is 0 Å². The van der Waals surface area contributed by atoms with Gasteiger partial charge in [-0.1, -0.05) is 35.3 Å². The van der Waals surface area contributed by atoms with Crippen molar-refractivity contribution in [2.75, 3.05) is 23.3 Å². The van der Waals surface area contributed by atoms with Crippen molar-refractivity contribution in [1.29, 1.82) is 0 Å². The SMILES string of the molecule is O=C(Nc1ccc(N2CCCN(Cc3cccc(F)c3)C2=O)cc1)c1ccc(Cl)c(Cl)c1. The number of nitrogens with zero attached hydrogens (tertiary/aromatic N) is 2. The summed E-state index contributed by atoms with van der Waals surface area (Å²) in [5.74, 6) is -0.631. The third-order valence-electron chi connectivity index (χ3n) is 5.19. The second kappa shape index (κ2) is 9.59. The van der Waals surface area contributed by atoms with Crippen molar-refractivity contribution in [3.8, 4) is 0 Å². The molecule has 0 aromatic heterocycles. The van der Waals surface area contributed by atoms with E-state index in [1.807, 2.05) is 0 Å². The van der Waals surface area contributed by atoms with Crippen molar-refractivity contribution in [2.24, 2.45) is 0 Å². The molecule has 0 bridgehead atoms. The van der Waals surface area contributed by atoms with Crippen LogP contribution in [0.4, 0.5) is 20.6 Å². The zero-order valence-corrected chi connectivity index (χ0v) is 18.5. The van der Waals surface area contributed by atoms with Gasteiger partial charge in [0.05, 0.1) is 10.0 Å². The van der Waals surface area contributed by atoms with Gasteiger partial charge in [0.25, 0.3) is 5.91 Å². The Morgan fingerprint density at radius 2 is 1.75 bits per heavy atom. The monoisotopic (exact) mass is 471 g/mol. The van der Waals surface area contributed by atoms with Gasteiger partial charge in [0.15, 0.2) is 0 Å². The summed E-state index contributed by atoms with van der Waals surface area (Å²) in [6, 6.07) is 17.9. The van der Waals surface area contributed by atoms with Crippen LogP contribution in [0.5, 0.6) is 0 Å². The van der Waals surface area contributed by atoms with Crippen LogP contribution in [0.2, 0.25) is 10.0 Å². The van der Waals surface area contributed by atoms with Crippen molar-refractivity contribution >= 4 is 46.5 Å². The number of benzene rings is 3. The summed E-state index contributed by atoms with van der Waals surface area (Å²) in [6.45, 7) is 1.56. The minimum absolute atomic E-state index is 0.131. The number of halogens is 3. The molecule has 0 radical (unpaired) electrons. The largest absolute Gasteiger partial charge is 0.324 e. The smallest absolute Gasteiger partial charge is 0.322 e. The van der Waals surface area contributed by atoms with Gasteiger partial charge in [-0.3, -0.25) is 9.69 Å². The van der Waals surface area contributed by atoms with Crippen LogP contribution in [0, 0.1) is 5.82 Å². The van der Waals surface area contributed by atoms with E-state index in [9.17, 15) is 14.0 Å². The number of anilines is 2. The highest BCUT2D eigenvalue weighted by atomic mass is 35.5. The lowest BCUT2D eigenvalue weighted by molar-refractivity contribution is 0.102. The minimum atomic E-state index is -0.317. The molecule has 0 unspecified atom stereocenters. The second-order valence-electron chi connectivity index (χ2n) is 7.47. The predicted octanol–water partition coefficient (Wildman–Crippen LogP) is 6.22. The Morgan fingerprint density at radius 1 is 0.969 bits per heavy atom. The molecule has 1 saturated heterocycles. The quantitative estimate of drug-likeness (QED) is 0.480. The summed E-state index contributed by atoms with van der Waals surface area (Å²) < 4.78 is 13.5. The Morgan fingerprint density at radius 3 is 2.47 bits per heavy atom. The van der Waals surface area contributed by atoms with Gasteiger partial charge in [-0.2, -0.15) is 0 Å². The highest BCUT2D eigenvalue weighted by Gasteiger charge is 2.26. The first-order valence-electron chi connectivity index (χ1n) is 10.1. The van der Waals surface area contributed by atoms with E-state index in [1.165, 1.54) is 18.2 Å². The predicted molar refractivity (Wildman–Crippen MR) is 125 cm³/mol. The first-order valence-corrected chi connectivity index (χ1v) is 10.8. The molecular weight excluding hydrogens is 452 g/mol. The molecule has 1 heterocycles. The number of hydrogen-bond donors (Lipinski definition) is 1. The van der Waals surface area contributed by atoms with Crippen molar-refractivity contribution in [1.82, 2.24) is 4.90 Å². The summed E-state index contributed by atoms with van der Waals surface area (Å²) in [7, 11) is 0. The van der Waals surface area contributed by atoms with Gasteiger partial charge in [-0.05, 0) is 66.6 Å². The molecule has 5 nitrogen and oxygen atoms in total. The zero-order chi connectivity index (χ0) is 22.7. The van der Waals surface area contributed by atoms with Crippen molar-refractivity contribution in [2.45, 2.75) is 13.0 Å². The Labute approximate surface area is 195 Å². The molecular formula is C24H20Cl2FN3O2. The third kappa shape index (κ3) is 5.03. The maximum absolute atomic E-state index is 13.5. The highest BCUT2D eigenvalue weighted by molar-refractivity contribution is 6.42. The van der Waals surface area contributed by atoms with Crippen LogP contribution in [-0.4, -0.2) is 29.9 Å². The van der Waals surface area contributed by atoms with Crippen LogP contribution >= 0.6 is 23.2 Å². The van der Waals surface area contributed by atoms with Crippen LogP contribution in [0.15, 0.2) is 66.7 Å². The van der Waals surface area contributed by atoms with Crippen LogP contribution in [0.3, 0.4) is 0 Å². The summed E-state index contributed by atoms with van der Waals surface area (Å²) in [6.07, 6.45) is 0.802. The summed E-state index contributed by atoms with van der Waals surface area (Å²) in [4.78, 5) is 28.8. The van der Waals surface area contributed by atoms with Crippen molar-refractivity contribution < 1.29 is 14.0 Å². The van der Waals surface area contributed by atoms with Gasteiger partial charge in [0, 0.05) is 36.6 Å². The molecule has 1 aliphatic heterocycles. The van der Waals surface area contributed by atoms with Gasteiger partial charge in [-0.25, -0.2) is 9.18 Å². The van der Waals surface area contributed by atoms with Gasteiger partial charge < -0.3 is 10.2 Å². The molecule has 1 fully saturated rings. The standard InChI is InChI=1S/C24H20Cl2FN3O2/c25-21-10-5-17(14-22(21)26)23(31)28-19-6-8-20(9-7-19)30-12-2-11-29(24(30)32)15-16-3-1-4-18(27)13-16/h1,3-10,13-14H,2,11-12,15H2,(H,28,31). The lowest BCUT2D eigenvalue weighted by atomic mass is 10.1. The maximum Gasteiger partial charge on any atom is 0.324 e. The minimum Gasteiger partial charge on any atom is -0.322 e. The molecule has 164 valence electrons. The molecule has 1 N–H and O–H groups in total. The van der Waals surface area contributed by atoms with Crippen LogP contribution in [-0.2, 0) is 6.54 Å². The maximum atomic E-state index is 13.5. The molecule has 3 aromatic carbocycles. The number of hydrogen-bond acceptors (Lipinski definition) is 2. The van der Waals surface area contributed by atoms with E-state index in [0.29, 0.717) is 40.9 Å². The number of rotatable bonds is 5. The lowest BCUT2D eigenvalue weighted by Gasteiger charge is -2.35. The zero-order valence-electron chi connectivity index (χ0n) is 17.0. The Hall–Kier alpha value is -3.09. The average molecular weight is 472 g/mol. The first kappa shape index (κ1) is 22.1. The normalized spacial score (nSPS) is 13.9. The van der Waals surface area contributed by atoms with Crippen LogP contribution in [0.1, 0.15) is 22.3 Å². The fourth-order valence-corrected chi connectivity index (χ4v) is 3.89.